The predicted molar refractivity (Wildman–Crippen MR) is 92.7 cm³/mol. The van der Waals surface area contributed by atoms with Gasteiger partial charge in [-0.1, -0.05) is 19.1 Å². The molecule has 1 amide bonds. The fraction of sp³-hybridized carbons (Fsp3) is 0.588. The lowest BCUT2D eigenvalue weighted by atomic mass is 10.1. The van der Waals surface area contributed by atoms with Crippen LogP contribution in [0, 0.1) is 5.92 Å². The van der Waals surface area contributed by atoms with E-state index < -0.39 is 10.8 Å². The van der Waals surface area contributed by atoms with Gasteiger partial charge in [-0.25, -0.2) is 0 Å². The maximum absolute atomic E-state index is 12.4. The molecular weight excluding hydrogens is 296 g/mol. The van der Waals surface area contributed by atoms with E-state index in [0.717, 1.165) is 18.7 Å². The Morgan fingerprint density at radius 3 is 2.91 bits per heavy atom. The van der Waals surface area contributed by atoms with Crippen LogP contribution in [-0.2, 0) is 22.0 Å². The second-order valence-electron chi connectivity index (χ2n) is 6.32. The minimum atomic E-state index is -0.773. The molecule has 22 heavy (non-hydrogen) atoms. The third-order valence-corrected chi connectivity index (χ3v) is 5.58. The summed E-state index contributed by atoms with van der Waals surface area (Å²) in [5.74, 6) is 1.84. The fourth-order valence-electron chi connectivity index (χ4n) is 2.76. The van der Waals surface area contributed by atoms with E-state index in [-0.39, 0.29) is 5.91 Å². The number of aryl methyl sites for hydroxylation is 1. The summed E-state index contributed by atoms with van der Waals surface area (Å²) in [5, 5.41) is 0. The number of carbonyl (C=O) groups is 1. The number of rotatable bonds is 4. The molecule has 4 nitrogen and oxygen atoms in total. The van der Waals surface area contributed by atoms with Crippen LogP contribution in [0.15, 0.2) is 24.3 Å². The van der Waals surface area contributed by atoms with Crippen molar-refractivity contribution in [1.82, 2.24) is 4.90 Å². The van der Waals surface area contributed by atoms with Crippen LogP contribution in [0.25, 0.3) is 0 Å². The minimum Gasteiger partial charge on any atom is -0.378 e. The largest absolute Gasteiger partial charge is 0.378 e. The monoisotopic (exact) mass is 322 g/mol. The molecule has 1 saturated heterocycles. The molecule has 1 fully saturated rings. The lowest BCUT2D eigenvalue weighted by Gasteiger charge is -2.22. The molecule has 2 rings (SSSR count). The van der Waals surface area contributed by atoms with E-state index in [0.29, 0.717) is 30.4 Å². The summed E-state index contributed by atoms with van der Waals surface area (Å²) in [7, 11) is 3.26. The summed E-state index contributed by atoms with van der Waals surface area (Å²) in [5.41, 5.74) is 2.34. The highest BCUT2D eigenvalue weighted by molar-refractivity contribution is 7.85. The van der Waals surface area contributed by atoms with Crippen molar-refractivity contribution in [2.24, 2.45) is 5.92 Å². The molecule has 0 aromatic heterocycles. The van der Waals surface area contributed by atoms with E-state index >= 15 is 0 Å². The molecule has 5 heteroatoms. The van der Waals surface area contributed by atoms with Gasteiger partial charge in [-0.3, -0.25) is 9.00 Å². The van der Waals surface area contributed by atoms with Crippen molar-refractivity contribution in [3.05, 3.63) is 29.8 Å². The molecule has 1 aromatic carbocycles. The van der Waals surface area contributed by atoms with Crippen LogP contribution in [0.2, 0.25) is 0 Å². The molecule has 0 aliphatic carbocycles. The zero-order chi connectivity index (χ0) is 16.1. The van der Waals surface area contributed by atoms with Gasteiger partial charge in [0.1, 0.15) is 0 Å². The van der Waals surface area contributed by atoms with Crippen molar-refractivity contribution < 1.29 is 9.00 Å². The second kappa shape index (κ2) is 7.77. The Kier molecular flexibility index (Phi) is 6.00. The lowest BCUT2D eigenvalue weighted by molar-refractivity contribution is -0.131. The molecule has 122 valence electrons. The fourth-order valence-corrected chi connectivity index (χ4v) is 4.09. The van der Waals surface area contributed by atoms with Gasteiger partial charge in [0.15, 0.2) is 0 Å². The Bertz CT molecular complexity index is 545. The topological polar surface area (TPSA) is 40.6 Å². The van der Waals surface area contributed by atoms with E-state index in [2.05, 4.69) is 30.0 Å². The van der Waals surface area contributed by atoms with Crippen LogP contribution in [0.5, 0.6) is 0 Å². The van der Waals surface area contributed by atoms with Gasteiger partial charge in [0.25, 0.3) is 0 Å². The highest BCUT2D eigenvalue weighted by atomic mass is 32.2. The maximum Gasteiger partial charge on any atom is 0.222 e. The van der Waals surface area contributed by atoms with Gasteiger partial charge in [-0.05, 0) is 30.0 Å². The second-order valence-corrected chi connectivity index (χ2v) is 7.94. The molecule has 1 aliphatic heterocycles. The summed E-state index contributed by atoms with van der Waals surface area (Å²) in [4.78, 5) is 16.4. The van der Waals surface area contributed by atoms with Gasteiger partial charge in [0, 0.05) is 61.6 Å². The number of hydrogen-bond donors (Lipinski definition) is 0. The Morgan fingerprint density at radius 1 is 1.41 bits per heavy atom. The van der Waals surface area contributed by atoms with Gasteiger partial charge >= 0.3 is 0 Å². The van der Waals surface area contributed by atoms with Crippen molar-refractivity contribution in [1.29, 1.82) is 0 Å². The smallest absolute Gasteiger partial charge is 0.222 e. The average Bonchev–Trinajstić information content (AvgIpc) is 2.65. The molecule has 0 saturated carbocycles. The summed E-state index contributed by atoms with van der Waals surface area (Å²) in [6.45, 7) is 3.44. The quantitative estimate of drug-likeness (QED) is 0.850. The summed E-state index contributed by atoms with van der Waals surface area (Å²) < 4.78 is 11.7. The first kappa shape index (κ1) is 17.0. The average molecular weight is 322 g/mol. The predicted octanol–water partition coefficient (Wildman–Crippen LogP) is 1.91. The summed E-state index contributed by atoms with van der Waals surface area (Å²) in [6, 6.07) is 8.30. The maximum atomic E-state index is 12.4. The van der Waals surface area contributed by atoms with E-state index in [1.807, 2.05) is 25.1 Å². The molecular formula is C17H26N2O2S. The highest BCUT2D eigenvalue weighted by Gasteiger charge is 2.22. The van der Waals surface area contributed by atoms with Crippen LogP contribution in [0.4, 0.5) is 5.69 Å². The van der Waals surface area contributed by atoms with E-state index in [9.17, 15) is 9.00 Å². The van der Waals surface area contributed by atoms with Gasteiger partial charge in [-0.2, -0.15) is 0 Å². The molecule has 0 N–H and O–H groups in total. The van der Waals surface area contributed by atoms with Crippen molar-refractivity contribution in [2.75, 3.05) is 43.6 Å². The van der Waals surface area contributed by atoms with Crippen LogP contribution in [0.3, 0.4) is 0 Å². The first-order valence-electron chi connectivity index (χ1n) is 7.84. The van der Waals surface area contributed by atoms with Crippen molar-refractivity contribution in [2.45, 2.75) is 19.8 Å². The Morgan fingerprint density at radius 2 is 2.18 bits per heavy atom. The van der Waals surface area contributed by atoms with E-state index in [1.54, 1.807) is 0 Å². The van der Waals surface area contributed by atoms with Crippen molar-refractivity contribution in [3.8, 4) is 0 Å². The molecule has 0 unspecified atom stereocenters. The number of benzene rings is 1. The SMILES string of the molecule is C[C@@H]1CN(C(=O)CCc2cccc(N(C)C)c2)CC[S@@](=O)C1. The van der Waals surface area contributed by atoms with Crippen LogP contribution >= 0.6 is 0 Å². The third-order valence-electron chi connectivity index (χ3n) is 4.00. The highest BCUT2D eigenvalue weighted by Crippen LogP contribution is 2.16. The van der Waals surface area contributed by atoms with Gasteiger partial charge in [0.2, 0.25) is 5.91 Å². The minimum absolute atomic E-state index is 0.181. The molecule has 0 bridgehead atoms. The standard InChI is InChI=1S/C17H26N2O2S/c1-14-12-19(9-10-22(21)13-14)17(20)8-7-15-5-4-6-16(11-15)18(2)3/h4-6,11,14H,7-10,12-13H2,1-3H3/t14-,22-/m1/s1. The van der Waals surface area contributed by atoms with Gasteiger partial charge in [-0.15, -0.1) is 0 Å². The van der Waals surface area contributed by atoms with Crippen LogP contribution in [0.1, 0.15) is 18.9 Å². The first-order chi connectivity index (χ1) is 10.5. The zero-order valence-corrected chi connectivity index (χ0v) is 14.6. The molecule has 1 aromatic rings. The van der Waals surface area contributed by atoms with Crippen molar-refractivity contribution in [3.63, 3.8) is 0 Å². The van der Waals surface area contributed by atoms with Crippen LogP contribution in [-0.4, -0.2) is 53.7 Å². The Hall–Kier alpha value is -1.36. The van der Waals surface area contributed by atoms with Gasteiger partial charge < -0.3 is 9.80 Å². The molecule has 2 atom stereocenters. The number of anilines is 1. The van der Waals surface area contributed by atoms with E-state index in [1.165, 1.54) is 5.56 Å². The van der Waals surface area contributed by atoms with Crippen molar-refractivity contribution >= 4 is 22.4 Å². The normalized spacial score (nSPS) is 22.2. The number of carbonyl (C=O) groups excluding carboxylic acids is 1. The lowest BCUT2D eigenvalue weighted by Crippen LogP contribution is -2.35. The molecule has 0 radical (unpaired) electrons. The molecule has 1 aliphatic rings. The first-order valence-corrected chi connectivity index (χ1v) is 9.33. The summed E-state index contributed by atoms with van der Waals surface area (Å²) >= 11 is 0. The number of nitrogens with zero attached hydrogens (tertiary/aromatic N) is 2. The Balaban J connectivity index is 1.92. The van der Waals surface area contributed by atoms with Gasteiger partial charge in [0.05, 0.1) is 0 Å². The molecule has 1 heterocycles. The third kappa shape index (κ3) is 4.83. The van der Waals surface area contributed by atoms with Crippen LogP contribution < -0.4 is 4.90 Å². The molecule has 0 spiro atoms. The number of amides is 1. The number of hydrogen-bond acceptors (Lipinski definition) is 3. The van der Waals surface area contributed by atoms with E-state index in [4.69, 9.17) is 0 Å². The zero-order valence-electron chi connectivity index (χ0n) is 13.7. The Labute approximate surface area is 135 Å². The summed E-state index contributed by atoms with van der Waals surface area (Å²) in [6.07, 6.45) is 1.28.